The Balaban J connectivity index is 1.48. The monoisotopic (exact) mass is 434 g/mol. The number of nitrogens with one attached hydrogen (secondary N) is 2. The maximum atomic E-state index is 12.9. The number of rotatable bonds is 8. The Bertz CT molecular complexity index is 1150. The lowest BCUT2D eigenvalue weighted by Gasteiger charge is -2.26. The van der Waals surface area contributed by atoms with E-state index in [1.165, 1.54) is 0 Å². The largest absolute Gasteiger partial charge is 0.492 e. The van der Waals surface area contributed by atoms with Gasteiger partial charge in [-0.05, 0) is 30.0 Å². The molecule has 2 N–H and O–H groups in total. The molecule has 4 rings (SSSR count). The number of nitrogens with zero attached hydrogens (tertiary/aromatic N) is 2. The number of H-pyrrole nitrogens is 1. The first-order valence-corrected chi connectivity index (χ1v) is 10.5. The van der Waals surface area contributed by atoms with Crippen molar-refractivity contribution in [1.82, 2.24) is 15.1 Å². The Morgan fingerprint density at radius 3 is 2.66 bits per heavy atom. The number of carbonyl (C=O) groups is 2. The van der Waals surface area contributed by atoms with E-state index in [1.54, 1.807) is 18.2 Å². The average Bonchev–Trinajstić information content (AvgIpc) is 3.28. The number of anilines is 1. The second-order valence-corrected chi connectivity index (χ2v) is 7.69. The van der Waals surface area contributed by atoms with Crippen LogP contribution in [-0.4, -0.2) is 66.2 Å². The summed E-state index contributed by atoms with van der Waals surface area (Å²) in [5, 5.41) is 10.8. The van der Waals surface area contributed by atoms with E-state index in [9.17, 15) is 9.59 Å². The van der Waals surface area contributed by atoms with E-state index in [0.717, 1.165) is 43.8 Å². The molecule has 2 heterocycles. The third-order valence-electron chi connectivity index (χ3n) is 5.37. The number of Topliss-reactive ketones (excluding diaryl/α,β-unsaturated/α-hetero) is 1. The summed E-state index contributed by atoms with van der Waals surface area (Å²) in [6.45, 7) is 10.2. The Hall–Kier alpha value is -3.49. The van der Waals surface area contributed by atoms with Crippen LogP contribution in [0.4, 0.5) is 5.82 Å². The van der Waals surface area contributed by atoms with Crippen LogP contribution in [0.5, 0.6) is 5.75 Å². The fourth-order valence-corrected chi connectivity index (χ4v) is 3.61. The molecule has 0 radical (unpaired) electrons. The van der Waals surface area contributed by atoms with Crippen molar-refractivity contribution < 1.29 is 19.1 Å². The highest BCUT2D eigenvalue weighted by atomic mass is 16.5. The lowest BCUT2D eigenvalue weighted by Crippen LogP contribution is -2.38. The van der Waals surface area contributed by atoms with E-state index in [1.807, 2.05) is 31.2 Å². The van der Waals surface area contributed by atoms with Gasteiger partial charge in [0.15, 0.2) is 0 Å². The molecule has 0 bridgehead atoms. The lowest BCUT2D eigenvalue weighted by molar-refractivity contribution is -0.112. The number of fused-ring (bicyclic) bond motifs is 1. The number of aromatic amines is 1. The molecule has 1 amide bonds. The highest BCUT2D eigenvalue weighted by molar-refractivity contribution is 6.48. The zero-order valence-corrected chi connectivity index (χ0v) is 18.0. The minimum atomic E-state index is -0.743. The van der Waals surface area contributed by atoms with Crippen molar-refractivity contribution in [2.24, 2.45) is 0 Å². The highest BCUT2D eigenvalue weighted by Crippen LogP contribution is 2.29. The van der Waals surface area contributed by atoms with Gasteiger partial charge in [0.25, 0.3) is 11.7 Å². The molecule has 1 fully saturated rings. The van der Waals surface area contributed by atoms with E-state index < -0.39 is 11.7 Å². The predicted molar refractivity (Wildman–Crippen MR) is 123 cm³/mol. The molecule has 1 saturated heterocycles. The molecule has 8 nitrogen and oxygen atoms in total. The van der Waals surface area contributed by atoms with E-state index in [0.29, 0.717) is 34.8 Å². The number of ether oxygens (including phenoxy) is 2. The van der Waals surface area contributed by atoms with Gasteiger partial charge >= 0.3 is 0 Å². The van der Waals surface area contributed by atoms with Gasteiger partial charge in [-0.2, -0.15) is 5.10 Å². The SMILES string of the molecule is C=C(C)c1cc(NC(=O)C(=O)c2ccc(OCCN3CCOCC3)c3ccccc23)[nH]n1. The zero-order chi connectivity index (χ0) is 22.5. The van der Waals surface area contributed by atoms with Crippen LogP contribution >= 0.6 is 0 Å². The first-order valence-electron chi connectivity index (χ1n) is 10.5. The lowest BCUT2D eigenvalue weighted by atomic mass is 10.00. The Morgan fingerprint density at radius 2 is 1.94 bits per heavy atom. The summed E-state index contributed by atoms with van der Waals surface area (Å²) in [7, 11) is 0. The molecule has 2 aromatic carbocycles. The summed E-state index contributed by atoms with van der Waals surface area (Å²) in [6, 6.07) is 12.5. The molecule has 1 aliphatic rings. The van der Waals surface area contributed by atoms with Crippen LogP contribution < -0.4 is 10.1 Å². The fraction of sp³-hybridized carbons (Fsp3) is 0.292. The Labute approximate surface area is 186 Å². The van der Waals surface area contributed by atoms with Gasteiger partial charge in [-0.15, -0.1) is 0 Å². The molecule has 0 spiro atoms. The van der Waals surface area contributed by atoms with Crippen molar-refractivity contribution in [2.45, 2.75) is 6.92 Å². The van der Waals surface area contributed by atoms with Crippen molar-refractivity contribution in [3.8, 4) is 5.75 Å². The van der Waals surface area contributed by atoms with Crippen LogP contribution in [-0.2, 0) is 9.53 Å². The van der Waals surface area contributed by atoms with Gasteiger partial charge in [0.05, 0.1) is 18.9 Å². The van der Waals surface area contributed by atoms with E-state index >= 15 is 0 Å². The van der Waals surface area contributed by atoms with Crippen LogP contribution in [0, 0.1) is 0 Å². The van der Waals surface area contributed by atoms with Crippen LogP contribution in [0.2, 0.25) is 0 Å². The number of morpholine rings is 1. The van der Waals surface area contributed by atoms with Gasteiger partial charge in [-0.1, -0.05) is 30.8 Å². The van der Waals surface area contributed by atoms with Crippen molar-refractivity contribution >= 4 is 33.9 Å². The van der Waals surface area contributed by atoms with Crippen molar-refractivity contribution in [2.75, 3.05) is 44.8 Å². The molecule has 0 saturated carbocycles. The first-order chi connectivity index (χ1) is 15.5. The minimum absolute atomic E-state index is 0.318. The predicted octanol–water partition coefficient (Wildman–Crippen LogP) is 3.13. The third kappa shape index (κ3) is 4.87. The number of amides is 1. The summed E-state index contributed by atoms with van der Waals surface area (Å²) in [4.78, 5) is 27.8. The van der Waals surface area contributed by atoms with Crippen molar-refractivity contribution in [1.29, 1.82) is 0 Å². The topological polar surface area (TPSA) is 96.5 Å². The van der Waals surface area contributed by atoms with Crippen LogP contribution in [0.15, 0.2) is 49.0 Å². The van der Waals surface area contributed by atoms with Crippen LogP contribution in [0.1, 0.15) is 23.0 Å². The molecule has 32 heavy (non-hydrogen) atoms. The molecular weight excluding hydrogens is 408 g/mol. The number of aromatic nitrogens is 2. The van der Waals surface area contributed by atoms with Gasteiger partial charge in [0, 0.05) is 36.7 Å². The standard InChI is InChI=1S/C24H26N4O4/c1-16(2)20-15-22(27-26-20)25-24(30)23(29)19-7-8-21(18-6-4-3-5-17(18)19)32-14-11-28-9-12-31-13-10-28/h3-8,15H,1,9-14H2,2H3,(H2,25,26,27,30). The number of benzene rings is 2. The molecule has 1 aliphatic heterocycles. The van der Waals surface area contributed by atoms with Gasteiger partial charge in [-0.3, -0.25) is 19.6 Å². The number of allylic oxidation sites excluding steroid dienone is 1. The minimum Gasteiger partial charge on any atom is -0.492 e. The Kier molecular flexibility index (Phi) is 6.63. The maximum absolute atomic E-state index is 12.9. The molecule has 0 aliphatic carbocycles. The summed E-state index contributed by atoms with van der Waals surface area (Å²) >= 11 is 0. The number of carbonyl (C=O) groups excluding carboxylic acids is 2. The first kappa shape index (κ1) is 21.7. The molecule has 8 heteroatoms. The molecule has 0 atom stereocenters. The molecular formula is C24H26N4O4. The van der Waals surface area contributed by atoms with Crippen LogP contribution in [0.3, 0.4) is 0 Å². The maximum Gasteiger partial charge on any atom is 0.297 e. The number of hydrogen-bond acceptors (Lipinski definition) is 6. The van der Waals surface area contributed by atoms with E-state index in [2.05, 4.69) is 27.0 Å². The molecule has 166 valence electrons. The van der Waals surface area contributed by atoms with Crippen molar-refractivity contribution in [3.63, 3.8) is 0 Å². The fourth-order valence-electron chi connectivity index (χ4n) is 3.61. The van der Waals surface area contributed by atoms with E-state index in [-0.39, 0.29) is 0 Å². The third-order valence-corrected chi connectivity index (χ3v) is 5.37. The van der Waals surface area contributed by atoms with Crippen molar-refractivity contribution in [3.05, 3.63) is 60.3 Å². The Morgan fingerprint density at radius 1 is 1.19 bits per heavy atom. The van der Waals surface area contributed by atoms with E-state index in [4.69, 9.17) is 9.47 Å². The quantitative estimate of drug-likeness (QED) is 0.418. The summed E-state index contributed by atoms with van der Waals surface area (Å²) in [6.07, 6.45) is 0. The molecule has 0 unspecified atom stereocenters. The van der Waals surface area contributed by atoms with Gasteiger partial charge in [0.1, 0.15) is 18.2 Å². The average molecular weight is 434 g/mol. The summed E-state index contributed by atoms with van der Waals surface area (Å²) in [5.74, 6) is -0.347. The number of hydrogen-bond donors (Lipinski definition) is 2. The molecule has 1 aromatic heterocycles. The second-order valence-electron chi connectivity index (χ2n) is 7.69. The number of ketones is 1. The van der Waals surface area contributed by atoms with Gasteiger partial charge in [-0.25, -0.2) is 0 Å². The summed E-state index contributed by atoms with van der Waals surface area (Å²) < 4.78 is 11.4. The normalized spacial score (nSPS) is 14.3. The zero-order valence-electron chi connectivity index (χ0n) is 18.0. The highest BCUT2D eigenvalue weighted by Gasteiger charge is 2.21. The smallest absolute Gasteiger partial charge is 0.297 e. The van der Waals surface area contributed by atoms with Gasteiger partial charge in [0.2, 0.25) is 0 Å². The van der Waals surface area contributed by atoms with Crippen LogP contribution in [0.25, 0.3) is 16.3 Å². The summed E-state index contributed by atoms with van der Waals surface area (Å²) in [5.41, 5.74) is 1.69. The van der Waals surface area contributed by atoms with Gasteiger partial charge < -0.3 is 14.8 Å². The second kappa shape index (κ2) is 9.76. The molecule has 3 aromatic rings.